The second-order valence-electron chi connectivity index (χ2n) is 5.47. The van der Waals surface area contributed by atoms with Crippen molar-refractivity contribution in [1.29, 1.82) is 0 Å². The molecule has 0 saturated heterocycles. The van der Waals surface area contributed by atoms with E-state index in [0.29, 0.717) is 17.0 Å². The number of benzene rings is 1. The maximum atomic E-state index is 6.20. The fourth-order valence-electron chi connectivity index (χ4n) is 2.85. The normalized spacial score (nSPS) is 14.2. The number of nitrogens with two attached hydrogens (primary N) is 2. The lowest BCUT2D eigenvalue weighted by molar-refractivity contribution is 0.684. The largest absolute Gasteiger partial charge is 0.398 e. The summed E-state index contributed by atoms with van der Waals surface area (Å²) in [6.07, 6.45) is 6.18. The first kappa shape index (κ1) is 13.4. The second kappa shape index (κ2) is 5.17. The molecule has 7 heteroatoms. The Labute approximate surface area is 131 Å². The molecule has 1 aromatic carbocycles. The van der Waals surface area contributed by atoms with Gasteiger partial charge < -0.3 is 16.5 Å². The summed E-state index contributed by atoms with van der Waals surface area (Å²) in [5.74, 6) is 0.381. The van der Waals surface area contributed by atoms with Gasteiger partial charge >= 0.3 is 0 Å². The minimum atomic E-state index is 0.381. The van der Waals surface area contributed by atoms with E-state index in [9.17, 15) is 0 Å². The number of hydrogen-bond donors (Lipinski definition) is 3. The van der Waals surface area contributed by atoms with Crippen molar-refractivity contribution in [1.82, 2.24) is 19.9 Å². The summed E-state index contributed by atoms with van der Waals surface area (Å²) < 4.78 is 0. The van der Waals surface area contributed by atoms with Crippen molar-refractivity contribution in [3.8, 4) is 0 Å². The van der Waals surface area contributed by atoms with Crippen molar-refractivity contribution >= 4 is 34.4 Å². The van der Waals surface area contributed by atoms with Gasteiger partial charge in [-0.3, -0.25) is 0 Å². The lowest BCUT2D eigenvalue weighted by Crippen LogP contribution is -2.04. The van der Waals surface area contributed by atoms with Gasteiger partial charge in [0.25, 0.3) is 0 Å². The van der Waals surface area contributed by atoms with E-state index in [1.54, 1.807) is 0 Å². The van der Waals surface area contributed by atoms with Gasteiger partial charge in [0.2, 0.25) is 0 Å². The predicted octanol–water partition coefficient (Wildman–Crippen LogP) is 2.55. The molecule has 0 bridgehead atoms. The Morgan fingerprint density at radius 3 is 2.59 bits per heavy atom. The van der Waals surface area contributed by atoms with Gasteiger partial charge in [0.05, 0.1) is 0 Å². The number of imidazole rings is 1. The average Bonchev–Trinajstić information content (AvgIpc) is 2.92. The van der Waals surface area contributed by atoms with Crippen molar-refractivity contribution in [2.24, 2.45) is 0 Å². The molecule has 0 radical (unpaired) electrons. The lowest BCUT2D eigenvalue weighted by Gasteiger charge is -2.17. The Bertz CT molecular complexity index is 857. The van der Waals surface area contributed by atoms with Crippen LogP contribution in [0.15, 0.2) is 28.5 Å². The van der Waals surface area contributed by atoms with Gasteiger partial charge in [-0.1, -0.05) is 0 Å². The van der Waals surface area contributed by atoms with Crippen LogP contribution in [-0.2, 0) is 12.8 Å². The van der Waals surface area contributed by atoms with Crippen LogP contribution in [0, 0.1) is 0 Å². The molecule has 6 nitrogen and oxygen atoms in total. The monoisotopic (exact) mass is 312 g/mol. The first-order valence-electron chi connectivity index (χ1n) is 7.26. The summed E-state index contributed by atoms with van der Waals surface area (Å²) in [5.41, 5.74) is 16.8. The van der Waals surface area contributed by atoms with Crippen molar-refractivity contribution in [3.63, 3.8) is 0 Å². The zero-order chi connectivity index (χ0) is 15.1. The number of fused-ring (bicyclic) bond motifs is 2. The molecule has 5 N–H and O–H groups in total. The summed E-state index contributed by atoms with van der Waals surface area (Å²) in [6, 6.07) is 4.30. The van der Waals surface area contributed by atoms with E-state index >= 15 is 0 Å². The molecular formula is C15H16N6S. The quantitative estimate of drug-likeness (QED) is 0.628. The molecule has 0 saturated carbocycles. The fraction of sp³-hybridized carbons (Fsp3) is 0.267. The molecule has 0 atom stereocenters. The van der Waals surface area contributed by atoms with Crippen LogP contribution >= 0.6 is 11.8 Å². The third-order valence-electron chi connectivity index (χ3n) is 3.97. The number of aryl methyl sites for hydroxylation is 2. The molecule has 1 aliphatic carbocycles. The Morgan fingerprint density at radius 1 is 1.05 bits per heavy atom. The smallest absolute Gasteiger partial charge is 0.172 e. The number of anilines is 2. The Balaban J connectivity index is 1.71. The van der Waals surface area contributed by atoms with E-state index < -0.39 is 0 Å². The minimum absolute atomic E-state index is 0.381. The molecule has 2 heterocycles. The summed E-state index contributed by atoms with van der Waals surface area (Å²) in [4.78, 5) is 16.7. The molecule has 2 aromatic heterocycles. The molecule has 22 heavy (non-hydrogen) atoms. The molecule has 3 aromatic rings. The highest BCUT2D eigenvalue weighted by atomic mass is 32.2. The number of nitrogens with one attached hydrogen (secondary N) is 1. The van der Waals surface area contributed by atoms with Crippen LogP contribution in [0.3, 0.4) is 0 Å². The van der Waals surface area contributed by atoms with Crippen LogP contribution in [0.1, 0.15) is 24.0 Å². The molecule has 0 amide bonds. The molecule has 0 fully saturated rings. The van der Waals surface area contributed by atoms with Crippen LogP contribution in [0.4, 0.5) is 11.5 Å². The van der Waals surface area contributed by atoms with Gasteiger partial charge in [-0.15, -0.1) is 0 Å². The van der Waals surface area contributed by atoms with E-state index in [-0.39, 0.29) is 0 Å². The highest BCUT2D eigenvalue weighted by Gasteiger charge is 2.15. The molecule has 0 unspecified atom stereocenters. The number of aromatic amines is 1. The molecule has 0 spiro atoms. The first-order chi connectivity index (χ1) is 10.7. The topological polar surface area (TPSA) is 106 Å². The second-order valence-corrected chi connectivity index (χ2v) is 6.50. The van der Waals surface area contributed by atoms with Gasteiger partial charge in [-0.25, -0.2) is 15.0 Å². The highest BCUT2D eigenvalue weighted by Crippen LogP contribution is 2.35. The zero-order valence-corrected chi connectivity index (χ0v) is 12.8. The standard InChI is InChI=1S/C15H16N6S/c16-10-5-8-3-1-2-4-9(8)6-11(10)22-15-20-12-13(17)18-7-19-14(12)21-15/h5-7H,1-4,16H2,(H3,17,18,19,20,21). The van der Waals surface area contributed by atoms with Crippen LogP contribution < -0.4 is 11.5 Å². The third-order valence-corrected chi connectivity index (χ3v) is 4.93. The summed E-state index contributed by atoms with van der Waals surface area (Å²) in [6.45, 7) is 0. The van der Waals surface area contributed by atoms with Crippen LogP contribution in [0.5, 0.6) is 0 Å². The van der Waals surface area contributed by atoms with Crippen molar-refractivity contribution < 1.29 is 0 Å². The highest BCUT2D eigenvalue weighted by molar-refractivity contribution is 7.99. The molecule has 4 rings (SSSR count). The van der Waals surface area contributed by atoms with E-state index in [1.165, 1.54) is 42.1 Å². The maximum Gasteiger partial charge on any atom is 0.172 e. The zero-order valence-electron chi connectivity index (χ0n) is 12.0. The number of H-pyrrole nitrogens is 1. The third kappa shape index (κ3) is 2.27. The summed E-state index contributed by atoms with van der Waals surface area (Å²) >= 11 is 1.51. The first-order valence-corrected chi connectivity index (χ1v) is 8.07. The lowest BCUT2D eigenvalue weighted by atomic mass is 9.91. The van der Waals surface area contributed by atoms with E-state index in [0.717, 1.165) is 28.6 Å². The maximum absolute atomic E-state index is 6.20. The number of hydrogen-bond acceptors (Lipinski definition) is 6. The Kier molecular flexibility index (Phi) is 3.15. The number of nitrogens with zero attached hydrogens (tertiary/aromatic N) is 3. The predicted molar refractivity (Wildman–Crippen MR) is 87.7 cm³/mol. The Hall–Kier alpha value is -2.28. The van der Waals surface area contributed by atoms with Crippen LogP contribution in [-0.4, -0.2) is 19.9 Å². The molecule has 112 valence electrons. The van der Waals surface area contributed by atoms with E-state index in [4.69, 9.17) is 11.5 Å². The van der Waals surface area contributed by atoms with Crippen LogP contribution in [0.2, 0.25) is 0 Å². The molecule has 1 aliphatic rings. The number of nitrogen functional groups attached to an aromatic ring is 2. The summed E-state index contributed by atoms with van der Waals surface area (Å²) in [5, 5.41) is 0.727. The van der Waals surface area contributed by atoms with E-state index in [1.807, 2.05) is 0 Å². The van der Waals surface area contributed by atoms with Crippen molar-refractivity contribution in [2.75, 3.05) is 11.5 Å². The molecule has 0 aliphatic heterocycles. The SMILES string of the molecule is Nc1cc2c(cc1Sc1nc3c(N)ncnc3[nH]1)CCCC2. The van der Waals surface area contributed by atoms with Gasteiger partial charge in [0.15, 0.2) is 22.1 Å². The minimum Gasteiger partial charge on any atom is -0.398 e. The van der Waals surface area contributed by atoms with Gasteiger partial charge in [0, 0.05) is 10.6 Å². The average molecular weight is 312 g/mol. The van der Waals surface area contributed by atoms with Gasteiger partial charge in [0.1, 0.15) is 6.33 Å². The van der Waals surface area contributed by atoms with Gasteiger partial charge in [-0.2, -0.15) is 0 Å². The Morgan fingerprint density at radius 2 is 1.82 bits per heavy atom. The summed E-state index contributed by atoms with van der Waals surface area (Å²) in [7, 11) is 0. The van der Waals surface area contributed by atoms with E-state index in [2.05, 4.69) is 32.1 Å². The number of aromatic nitrogens is 4. The van der Waals surface area contributed by atoms with Gasteiger partial charge in [-0.05, 0) is 60.7 Å². The van der Waals surface area contributed by atoms with Crippen LogP contribution in [0.25, 0.3) is 11.2 Å². The number of rotatable bonds is 2. The fourth-order valence-corrected chi connectivity index (χ4v) is 3.72. The molecular weight excluding hydrogens is 296 g/mol. The van der Waals surface area contributed by atoms with Crippen molar-refractivity contribution in [3.05, 3.63) is 29.6 Å². The van der Waals surface area contributed by atoms with Crippen molar-refractivity contribution in [2.45, 2.75) is 35.7 Å².